The van der Waals surface area contributed by atoms with Crippen LogP contribution in [0.3, 0.4) is 0 Å². The van der Waals surface area contributed by atoms with Crippen LogP contribution in [0.2, 0.25) is 0 Å². The molecule has 1 saturated heterocycles. The van der Waals surface area contributed by atoms with Crippen molar-refractivity contribution in [2.75, 3.05) is 25.4 Å². The standard InChI is InChI=1S/C19H38N2O6S/c20-10-6-2-1-5-9-15(23)21-11-7-3-4-8-12-28-19-18(26)17(25)16(24)14(13-22)27-19/h14,16-19,22,24-26H,1-13,20H2,(H,21,23)/t14-,16-,17+,18+,19-/m1/s1. The van der Waals surface area contributed by atoms with E-state index in [0.717, 1.165) is 57.1 Å². The second kappa shape index (κ2) is 15.4. The van der Waals surface area contributed by atoms with Crippen LogP contribution >= 0.6 is 11.8 Å². The fraction of sp³-hybridized carbons (Fsp3) is 0.947. The lowest BCUT2D eigenvalue weighted by molar-refractivity contribution is -0.205. The third kappa shape index (κ3) is 9.87. The second-order valence-corrected chi connectivity index (χ2v) is 8.49. The highest BCUT2D eigenvalue weighted by molar-refractivity contribution is 7.99. The van der Waals surface area contributed by atoms with Crippen molar-refractivity contribution in [1.82, 2.24) is 5.32 Å². The largest absolute Gasteiger partial charge is 0.394 e. The Morgan fingerprint density at radius 3 is 2.32 bits per heavy atom. The summed E-state index contributed by atoms with van der Waals surface area (Å²) >= 11 is 1.38. The molecule has 0 unspecified atom stereocenters. The maximum absolute atomic E-state index is 11.7. The lowest BCUT2D eigenvalue weighted by Gasteiger charge is -2.39. The number of hydrogen-bond acceptors (Lipinski definition) is 8. The average Bonchev–Trinajstić information content (AvgIpc) is 2.69. The first-order chi connectivity index (χ1) is 13.5. The van der Waals surface area contributed by atoms with Gasteiger partial charge in [-0.05, 0) is 38.0 Å². The Bertz CT molecular complexity index is 416. The van der Waals surface area contributed by atoms with Gasteiger partial charge in [0.1, 0.15) is 29.9 Å². The maximum atomic E-state index is 11.7. The zero-order valence-corrected chi connectivity index (χ0v) is 17.5. The molecular weight excluding hydrogens is 384 g/mol. The van der Waals surface area contributed by atoms with Crippen LogP contribution in [0.15, 0.2) is 0 Å². The number of nitrogens with one attached hydrogen (secondary N) is 1. The summed E-state index contributed by atoms with van der Waals surface area (Å²) < 4.78 is 5.46. The summed E-state index contributed by atoms with van der Waals surface area (Å²) in [5, 5.41) is 41.6. The summed E-state index contributed by atoms with van der Waals surface area (Å²) in [4.78, 5) is 11.7. The molecule has 1 amide bonds. The minimum Gasteiger partial charge on any atom is -0.394 e. The van der Waals surface area contributed by atoms with Gasteiger partial charge in [-0.25, -0.2) is 0 Å². The lowest BCUT2D eigenvalue weighted by Crippen LogP contribution is -2.57. The first-order valence-electron chi connectivity index (χ1n) is 10.4. The van der Waals surface area contributed by atoms with E-state index < -0.39 is 36.5 Å². The van der Waals surface area contributed by atoms with Crippen molar-refractivity contribution in [1.29, 1.82) is 0 Å². The molecule has 7 N–H and O–H groups in total. The molecule has 0 aromatic carbocycles. The van der Waals surface area contributed by atoms with E-state index in [1.54, 1.807) is 0 Å². The van der Waals surface area contributed by atoms with Crippen LogP contribution in [0.5, 0.6) is 0 Å². The molecule has 8 nitrogen and oxygen atoms in total. The van der Waals surface area contributed by atoms with Gasteiger partial charge in [0, 0.05) is 13.0 Å². The minimum atomic E-state index is -1.31. The third-order valence-corrected chi connectivity index (χ3v) is 6.12. The van der Waals surface area contributed by atoms with E-state index in [0.29, 0.717) is 19.5 Å². The zero-order chi connectivity index (χ0) is 20.8. The van der Waals surface area contributed by atoms with E-state index in [2.05, 4.69) is 5.32 Å². The number of carbonyl (C=O) groups is 1. The van der Waals surface area contributed by atoms with Crippen molar-refractivity contribution in [3.63, 3.8) is 0 Å². The quantitative estimate of drug-likeness (QED) is 0.204. The molecule has 0 aromatic rings. The van der Waals surface area contributed by atoms with Gasteiger partial charge >= 0.3 is 0 Å². The number of amides is 1. The Morgan fingerprint density at radius 2 is 1.61 bits per heavy atom. The molecule has 1 fully saturated rings. The Morgan fingerprint density at radius 1 is 0.929 bits per heavy atom. The molecule has 9 heteroatoms. The monoisotopic (exact) mass is 422 g/mol. The average molecular weight is 423 g/mol. The molecule has 0 bridgehead atoms. The van der Waals surface area contributed by atoms with Crippen LogP contribution in [0, 0.1) is 0 Å². The molecule has 0 saturated carbocycles. The summed E-state index contributed by atoms with van der Waals surface area (Å²) in [6.45, 7) is 1.01. The Kier molecular flexibility index (Phi) is 14.1. The molecular formula is C19H38N2O6S. The van der Waals surface area contributed by atoms with Gasteiger partial charge in [0.25, 0.3) is 0 Å². The van der Waals surface area contributed by atoms with Gasteiger partial charge in [-0.3, -0.25) is 4.79 Å². The molecule has 1 rings (SSSR count). The molecule has 0 aromatic heterocycles. The van der Waals surface area contributed by atoms with Crippen LogP contribution in [0.4, 0.5) is 0 Å². The molecule has 0 aliphatic carbocycles. The predicted molar refractivity (Wildman–Crippen MR) is 110 cm³/mol. The van der Waals surface area contributed by atoms with E-state index in [-0.39, 0.29) is 5.91 Å². The Labute approximate surface area is 172 Å². The van der Waals surface area contributed by atoms with Crippen molar-refractivity contribution in [3.8, 4) is 0 Å². The minimum absolute atomic E-state index is 0.117. The number of carbonyl (C=O) groups excluding carboxylic acids is 1. The number of rotatable bonds is 15. The van der Waals surface area contributed by atoms with Gasteiger partial charge in [0.2, 0.25) is 5.91 Å². The fourth-order valence-electron chi connectivity index (χ4n) is 3.08. The molecule has 1 aliphatic rings. The number of ether oxygens (including phenoxy) is 1. The molecule has 0 spiro atoms. The van der Waals surface area contributed by atoms with Crippen LogP contribution in [0.1, 0.15) is 57.8 Å². The van der Waals surface area contributed by atoms with Crippen molar-refractivity contribution < 1.29 is 30.0 Å². The number of thioether (sulfide) groups is 1. The first kappa shape index (κ1) is 25.6. The van der Waals surface area contributed by atoms with E-state index in [4.69, 9.17) is 10.5 Å². The smallest absolute Gasteiger partial charge is 0.219 e. The van der Waals surface area contributed by atoms with Gasteiger partial charge in [0.05, 0.1) is 6.61 Å². The van der Waals surface area contributed by atoms with Crippen molar-refractivity contribution >= 4 is 17.7 Å². The summed E-state index contributed by atoms with van der Waals surface area (Å²) in [5.41, 5.74) is 4.78. The Balaban J connectivity index is 1.99. The molecule has 28 heavy (non-hydrogen) atoms. The van der Waals surface area contributed by atoms with Crippen molar-refractivity contribution in [2.45, 2.75) is 87.6 Å². The third-order valence-electron chi connectivity index (χ3n) is 4.88. The van der Waals surface area contributed by atoms with Crippen LogP contribution < -0.4 is 11.1 Å². The summed E-state index contributed by atoms with van der Waals surface area (Å²) in [7, 11) is 0. The second-order valence-electron chi connectivity index (χ2n) is 7.29. The van der Waals surface area contributed by atoms with Gasteiger partial charge in [-0.15, -0.1) is 11.8 Å². The van der Waals surface area contributed by atoms with Crippen LogP contribution in [-0.2, 0) is 9.53 Å². The highest BCUT2D eigenvalue weighted by Crippen LogP contribution is 2.29. The maximum Gasteiger partial charge on any atom is 0.219 e. The Hall–Kier alpha value is -0.420. The van der Waals surface area contributed by atoms with E-state index in [9.17, 15) is 25.2 Å². The first-order valence-corrected chi connectivity index (χ1v) is 11.4. The van der Waals surface area contributed by atoms with Crippen LogP contribution in [0.25, 0.3) is 0 Å². The highest BCUT2D eigenvalue weighted by Gasteiger charge is 2.43. The normalized spacial score (nSPS) is 27.7. The van der Waals surface area contributed by atoms with Gasteiger partial charge in [0.15, 0.2) is 0 Å². The van der Waals surface area contributed by atoms with Gasteiger partial charge in [-0.2, -0.15) is 0 Å². The fourth-order valence-corrected chi connectivity index (χ4v) is 4.27. The molecule has 0 radical (unpaired) electrons. The van der Waals surface area contributed by atoms with Gasteiger partial charge < -0.3 is 36.2 Å². The molecule has 166 valence electrons. The van der Waals surface area contributed by atoms with E-state index in [1.807, 2.05) is 0 Å². The summed E-state index contributed by atoms with van der Waals surface area (Å²) in [6.07, 6.45) is 3.89. The SMILES string of the molecule is NCCCCCCC(=O)NCCCCCCS[C@H]1O[C@H](CO)[C@@H](O)[C@H](O)[C@@H]1O. The number of aliphatic hydroxyl groups excluding tert-OH is 4. The lowest BCUT2D eigenvalue weighted by atomic mass is 10.0. The van der Waals surface area contributed by atoms with E-state index in [1.165, 1.54) is 11.8 Å². The van der Waals surface area contributed by atoms with Gasteiger partial charge in [-0.1, -0.05) is 25.7 Å². The molecule has 5 atom stereocenters. The summed E-state index contributed by atoms with van der Waals surface area (Å²) in [6, 6.07) is 0. The molecule has 1 aliphatic heterocycles. The predicted octanol–water partition coefficient (Wildman–Crippen LogP) is 0.105. The number of hydrogen-bond donors (Lipinski definition) is 6. The number of aliphatic hydroxyl groups is 4. The zero-order valence-electron chi connectivity index (χ0n) is 16.7. The highest BCUT2D eigenvalue weighted by atomic mass is 32.2. The summed E-state index contributed by atoms with van der Waals surface area (Å²) in [5.74, 6) is 0.864. The van der Waals surface area contributed by atoms with Crippen molar-refractivity contribution in [3.05, 3.63) is 0 Å². The molecule has 1 heterocycles. The van der Waals surface area contributed by atoms with E-state index >= 15 is 0 Å². The number of unbranched alkanes of at least 4 members (excludes halogenated alkanes) is 6. The number of nitrogens with two attached hydrogens (primary N) is 1. The topological polar surface area (TPSA) is 145 Å². The van der Waals surface area contributed by atoms with Crippen LogP contribution in [-0.4, -0.2) is 81.6 Å². The van der Waals surface area contributed by atoms with Crippen molar-refractivity contribution in [2.24, 2.45) is 5.73 Å².